The van der Waals surface area contributed by atoms with Gasteiger partial charge in [-0.25, -0.2) is 0 Å². The molecular formula is C13H18O3. The number of rotatable bonds is 2. The quantitative estimate of drug-likeness (QED) is 0.783. The fourth-order valence-electron chi connectivity index (χ4n) is 1.56. The van der Waals surface area contributed by atoms with Crippen LogP contribution < -0.4 is 0 Å². The van der Waals surface area contributed by atoms with E-state index < -0.39 is 0 Å². The molecule has 2 rings (SSSR count). The normalized spacial score (nSPS) is 18.7. The number of carbonyl (C=O) groups excluding carboxylic acids is 1. The second-order valence-electron chi connectivity index (χ2n) is 3.76. The van der Waals surface area contributed by atoms with Gasteiger partial charge in [0.05, 0.1) is 6.10 Å². The minimum atomic E-state index is 0.125. The second kappa shape index (κ2) is 7.01. The van der Waals surface area contributed by atoms with E-state index in [4.69, 9.17) is 9.84 Å². The Kier molecular flexibility index (Phi) is 5.57. The summed E-state index contributed by atoms with van der Waals surface area (Å²) in [4.78, 5) is 10.0. The molecule has 3 heteroatoms. The first-order valence-corrected chi connectivity index (χ1v) is 5.62. The van der Waals surface area contributed by atoms with E-state index >= 15 is 0 Å². The molecule has 1 aliphatic heterocycles. The molecule has 1 aromatic carbocycles. The van der Waals surface area contributed by atoms with Gasteiger partial charge in [-0.2, -0.15) is 0 Å². The molecule has 1 atom stereocenters. The molecule has 16 heavy (non-hydrogen) atoms. The van der Waals surface area contributed by atoms with Crippen molar-refractivity contribution in [2.75, 3.05) is 6.61 Å². The van der Waals surface area contributed by atoms with Crippen molar-refractivity contribution in [3.8, 4) is 5.75 Å². The molecule has 1 aliphatic rings. The molecule has 1 N–H and O–H groups in total. The molecule has 0 saturated carbocycles. The van der Waals surface area contributed by atoms with E-state index in [1.165, 1.54) is 31.4 Å². The summed E-state index contributed by atoms with van der Waals surface area (Å²) in [5, 5.41) is 8.79. The van der Waals surface area contributed by atoms with Gasteiger partial charge in [0, 0.05) is 12.2 Å². The van der Waals surface area contributed by atoms with Crippen LogP contribution in [0.4, 0.5) is 0 Å². The Bertz CT molecular complexity index is 317. The lowest BCUT2D eigenvalue weighted by Crippen LogP contribution is -2.00. The summed E-state index contributed by atoms with van der Waals surface area (Å²) in [5.74, 6) is 0.125. The Labute approximate surface area is 96.1 Å². The Hall–Kier alpha value is -1.35. The highest BCUT2D eigenvalue weighted by Gasteiger charge is 2.11. The fourth-order valence-corrected chi connectivity index (χ4v) is 1.56. The van der Waals surface area contributed by atoms with Crippen LogP contribution in [0.2, 0.25) is 0 Å². The van der Waals surface area contributed by atoms with E-state index in [9.17, 15) is 4.79 Å². The summed E-state index contributed by atoms with van der Waals surface area (Å²) in [5.41, 5.74) is 0.495. The van der Waals surface area contributed by atoms with Crippen molar-refractivity contribution in [1.29, 1.82) is 0 Å². The summed E-state index contributed by atoms with van der Waals surface area (Å²) in [6.45, 7) is 3.18. The average molecular weight is 222 g/mol. The molecule has 88 valence electrons. The number of ether oxygens (including phenoxy) is 1. The molecule has 1 fully saturated rings. The topological polar surface area (TPSA) is 46.5 Å². The maximum absolute atomic E-state index is 10.0. The maximum Gasteiger partial charge on any atom is 0.150 e. The van der Waals surface area contributed by atoms with Gasteiger partial charge >= 0.3 is 0 Å². The lowest BCUT2D eigenvalue weighted by atomic mass is 10.2. The van der Waals surface area contributed by atoms with Gasteiger partial charge in [0.1, 0.15) is 12.0 Å². The van der Waals surface area contributed by atoms with Gasteiger partial charge in [-0.15, -0.1) is 0 Å². The Morgan fingerprint density at radius 2 is 2.38 bits per heavy atom. The first kappa shape index (κ1) is 12.7. The van der Waals surface area contributed by atoms with Crippen LogP contribution in [0.3, 0.4) is 0 Å². The summed E-state index contributed by atoms with van der Waals surface area (Å²) in [6.07, 6.45) is 5.05. The molecule has 0 spiro atoms. The third kappa shape index (κ3) is 4.45. The zero-order valence-electron chi connectivity index (χ0n) is 9.56. The van der Waals surface area contributed by atoms with E-state index in [1.807, 2.05) is 0 Å². The van der Waals surface area contributed by atoms with Crippen molar-refractivity contribution >= 4 is 6.29 Å². The van der Waals surface area contributed by atoms with E-state index in [-0.39, 0.29) is 5.75 Å². The van der Waals surface area contributed by atoms with Crippen molar-refractivity contribution in [1.82, 2.24) is 0 Å². The molecule has 3 nitrogen and oxygen atoms in total. The van der Waals surface area contributed by atoms with Crippen molar-refractivity contribution in [2.24, 2.45) is 0 Å². The Morgan fingerprint density at radius 3 is 2.75 bits per heavy atom. The van der Waals surface area contributed by atoms with Gasteiger partial charge in [0.25, 0.3) is 0 Å². The van der Waals surface area contributed by atoms with Crippen LogP contribution in [0.1, 0.15) is 36.5 Å². The SMILES string of the molecule is CCC1CCCO1.O=Cc1cccc(O)c1. The maximum atomic E-state index is 10.0. The van der Waals surface area contributed by atoms with Crippen molar-refractivity contribution in [3.63, 3.8) is 0 Å². The third-order valence-corrected chi connectivity index (χ3v) is 2.49. The van der Waals surface area contributed by atoms with Crippen LogP contribution in [0, 0.1) is 0 Å². The van der Waals surface area contributed by atoms with Crippen molar-refractivity contribution in [2.45, 2.75) is 32.3 Å². The highest BCUT2D eigenvalue weighted by Crippen LogP contribution is 2.13. The smallest absolute Gasteiger partial charge is 0.150 e. The first-order valence-electron chi connectivity index (χ1n) is 5.62. The molecule has 1 heterocycles. The van der Waals surface area contributed by atoms with Gasteiger partial charge in [0.15, 0.2) is 0 Å². The number of hydrogen-bond donors (Lipinski definition) is 1. The van der Waals surface area contributed by atoms with Crippen LogP contribution >= 0.6 is 0 Å². The molecule has 0 aromatic heterocycles. The number of carbonyl (C=O) groups is 1. The van der Waals surface area contributed by atoms with Gasteiger partial charge in [-0.1, -0.05) is 19.1 Å². The predicted molar refractivity (Wildman–Crippen MR) is 62.8 cm³/mol. The minimum absolute atomic E-state index is 0.125. The van der Waals surface area contributed by atoms with E-state index in [0.29, 0.717) is 18.0 Å². The molecule has 0 radical (unpaired) electrons. The van der Waals surface area contributed by atoms with Crippen molar-refractivity contribution < 1.29 is 14.6 Å². The van der Waals surface area contributed by atoms with Gasteiger partial charge < -0.3 is 9.84 Å². The van der Waals surface area contributed by atoms with Crippen LogP contribution in [-0.2, 0) is 4.74 Å². The molecule has 1 aromatic rings. The van der Waals surface area contributed by atoms with Crippen LogP contribution in [0.25, 0.3) is 0 Å². The largest absolute Gasteiger partial charge is 0.508 e. The molecule has 0 bridgehead atoms. The average Bonchev–Trinajstić information content (AvgIpc) is 2.82. The van der Waals surface area contributed by atoms with Gasteiger partial charge in [-0.3, -0.25) is 4.79 Å². The number of phenolic OH excluding ortho intramolecular Hbond substituents is 1. The van der Waals surface area contributed by atoms with Crippen LogP contribution in [-0.4, -0.2) is 24.1 Å². The van der Waals surface area contributed by atoms with E-state index in [1.54, 1.807) is 12.1 Å². The Morgan fingerprint density at radius 1 is 1.56 bits per heavy atom. The summed E-state index contributed by atoms with van der Waals surface area (Å²) in [7, 11) is 0. The lowest BCUT2D eigenvalue weighted by Gasteiger charge is -2.01. The molecule has 0 aliphatic carbocycles. The summed E-state index contributed by atoms with van der Waals surface area (Å²) < 4.78 is 5.30. The number of hydrogen-bond acceptors (Lipinski definition) is 3. The standard InChI is InChI=1S/C7H6O2.C6H12O/c8-5-6-2-1-3-7(9)4-6;1-2-6-4-3-5-7-6/h1-5,9H;6H,2-5H2,1H3. The van der Waals surface area contributed by atoms with Crippen LogP contribution in [0.15, 0.2) is 24.3 Å². The monoisotopic (exact) mass is 222 g/mol. The number of phenols is 1. The predicted octanol–water partition coefficient (Wildman–Crippen LogP) is 2.78. The lowest BCUT2D eigenvalue weighted by molar-refractivity contribution is 0.108. The van der Waals surface area contributed by atoms with Gasteiger partial charge in [-0.05, 0) is 31.4 Å². The molecule has 1 unspecified atom stereocenters. The van der Waals surface area contributed by atoms with Crippen LogP contribution in [0.5, 0.6) is 5.75 Å². The van der Waals surface area contributed by atoms with E-state index in [0.717, 1.165) is 6.61 Å². The minimum Gasteiger partial charge on any atom is -0.508 e. The van der Waals surface area contributed by atoms with E-state index in [2.05, 4.69) is 6.92 Å². The zero-order valence-corrected chi connectivity index (χ0v) is 9.56. The summed E-state index contributed by atoms with van der Waals surface area (Å²) in [6, 6.07) is 6.19. The number of aldehydes is 1. The highest BCUT2D eigenvalue weighted by atomic mass is 16.5. The highest BCUT2D eigenvalue weighted by molar-refractivity contribution is 5.75. The Balaban J connectivity index is 0.000000165. The molecular weight excluding hydrogens is 204 g/mol. The molecule has 1 saturated heterocycles. The van der Waals surface area contributed by atoms with Gasteiger partial charge in [0.2, 0.25) is 0 Å². The fraction of sp³-hybridized carbons (Fsp3) is 0.462. The zero-order chi connectivity index (χ0) is 11.8. The van der Waals surface area contributed by atoms with Crippen molar-refractivity contribution in [3.05, 3.63) is 29.8 Å². The number of benzene rings is 1. The summed E-state index contributed by atoms with van der Waals surface area (Å²) >= 11 is 0. The first-order chi connectivity index (χ1) is 7.76. The molecule has 0 amide bonds. The number of aromatic hydroxyl groups is 1. The third-order valence-electron chi connectivity index (χ3n) is 2.49. The second-order valence-corrected chi connectivity index (χ2v) is 3.76.